The molecule has 0 aliphatic rings. The number of carbonyl (C=O) groups is 1. The molecule has 4 heteroatoms. The molecule has 5 aromatic rings. The van der Waals surface area contributed by atoms with Crippen LogP contribution in [0.2, 0.25) is 0 Å². The molecule has 31 heavy (non-hydrogen) atoms. The van der Waals surface area contributed by atoms with E-state index in [0.29, 0.717) is 11.3 Å². The Morgan fingerprint density at radius 2 is 1.61 bits per heavy atom. The quantitative estimate of drug-likeness (QED) is 0.383. The summed E-state index contributed by atoms with van der Waals surface area (Å²) in [4.78, 5) is 22.7. The summed E-state index contributed by atoms with van der Waals surface area (Å²) >= 11 is 0. The molecule has 0 spiro atoms. The largest absolute Gasteiger partial charge is 0.322 e. The molecule has 0 bridgehead atoms. The van der Waals surface area contributed by atoms with E-state index in [-0.39, 0.29) is 5.91 Å². The molecule has 0 radical (unpaired) electrons. The SMILES string of the molecule is Cc1cc(C)c2nc(-c3ccccn3)cc(C(=O)Nc3ccc4ccccc4c3)c2c1. The zero-order valence-corrected chi connectivity index (χ0v) is 17.4. The van der Waals surface area contributed by atoms with Crippen LogP contribution in [0.5, 0.6) is 0 Å². The lowest BCUT2D eigenvalue weighted by molar-refractivity contribution is 0.102. The topological polar surface area (TPSA) is 54.9 Å². The molecular weight excluding hydrogens is 382 g/mol. The molecule has 5 rings (SSSR count). The van der Waals surface area contributed by atoms with Gasteiger partial charge in [0, 0.05) is 17.3 Å². The fourth-order valence-corrected chi connectivity index (χ4v) is 3.98. The van der Waals surface area contributed by atoms with Crippen molar-refractivity contribution in [3.8, 4) is 11.4 Å². The smallest absolute Gasteiger partial charge is 0.256 e. The Morgan fingerprint density at radius 1 is 0.806 bits per heavy atom. The number of pyridine rings is 2. The van der Waals surface area contributed by atoms with Crippen molar-refractivity contribution in [2.75, 3.05) is 5.32 Å². The van der Waals surface area contributed by atoms with E-state index < -0.39 is 0 Å². The predicted molar refractivity (Wildman–Crippen MR) is 126 cm³/mol. The summed E-state index contributed by atoms with van der Waals surface area (Å²) in [7, 11) is 0. The molecule has 2 heterocycles. The van der Waals surface area contributed by atoms with Crippen LogP contribution in [0.4, 0.5) is 5.69 Å². The molecule has 0 atom stereocenters. The maximum atomic E-state index is 13.4. The molecule has 4 nitrogen and oxygen atoms in total. The summed E-state index contributed by atoms with van der Waals surface area (Å²) in [5, 5.41) is 6.14. The van der Waals surface area contributed by atoms with Gasteiger partial charge in [0.1, 0.15) is 0 Å². The molecule has 0 unspecified atom stereocenters. The van der Waals surface area contributed by atoms with Crippen LogP contribution in [0.1, 0.15) is 21.5 Å². The second kappa shape index (κ2) is 7.65. The second-order valence-corrected chi connectivity index (χ2v) is 7.76. The number of rotatable bonds is 3. The van der Waals surface area contributed by atoms with Gasteiger partial charge in [-0.05, 0) is 66.6 Å². The lowest BCUT2D eigenvalue weighted by Gasteiger charge is -2.13. The number of amides is 1. The van der Waals surface area contributed by atoms with Crippen molar-refractivity contribution in [2.45, 2.75) is 13.8 Å². The van der Waals surface area contributed by atoms with E-state index in [1.54, 1.807) is 6.20 Å². The van der Waals surface area contributed by atoms with Crippen LogP contribution in [0.15, 0.2) is 85.1 Å². The Morgan fingerprint density at radius 3 is 2.42 bits per heavy atom. The van der Waals surface area contributed by atoms with Gasteiger partial charge in [-0.25, -0.2) is 4.98 Å². The van der Waals surface area contributed by atoms with Crippen LogP contribution < -0.4 is 5.32 Å². The maximum absolute atomic E-state index is 13.4. The minimum absolute atomic E-state index is 0.162. The molecule has 0 saturated heterocycles. The van der Waals surface area contributed by atoms with E-state index in [4.69, 9.17) is 4.98 Å². The molecular formula is C27H21N3O. The van der Waals surface area contributed by atoms with Gasteiger partial charge >= 0.3 is 0 Å². The first-order valence-corrected chi connectivity index (χ1v) is 10.2. The van der Waals surface area contributed by atoms with Crippen LogP contribution in [0, 0.1) is 13.8 Å². The third-order valence-electron chi connectivity index (χ3n) is 5.43. The molecule has 0 aliphatic heterocycles. The third kappa shape index (κ3) is 3.64. The monoisotopic (exact) mass is 403 g/mol. The summed E-state index contributed by atoms with van der Waals surface area (Å²) in [6, 6.07) is 25.7. The Hall–Kier alpha value is -4.05. The highest BCUT2D eigenvalue weighted by molar-refractivity contribution is 6.14. The first-order chi connectivity index (χ1) is 15.1. The molecule has 0 saturated carbocycles. The van der Waals surface area contributed by atoms with Gasteiger partial charge in [0.15, 0.2) is 0 Å². The van der Waals surface area contributed by atoms with Gasteiger partial charge in [0.2, 0.25) is 0 Å². The lowest BCUT2D eigenvalue weighted by atomic mass is 10.00. The number of fused-ring (bicyclic) bond motifs is 2. The number of nitrogens with one attached hydrogen (secondary N) is 1. The van der Waals surface area contributed by atoms with Gasteiger partial charge in [-0.2, -0.15) is 0 Å². The van der Waals surface area contributed by atoms with Crippen LogP contribution in [0.3, 0.4) is 0 Å². The molecule has 0 aliphatic carbocycles. The molecule has 0 fully saturated rings. The maximum Gasteiger partial charge on any atom is 0.256 e. The van der Waals surface area contributed by atoms with Crippen molar-refractivity contribution < 1.29 is 4.79 Å². The number of aromatic nitrogens is 2. The van der Waals surface area contributed by atoms with E-state index in [1.165, 1.54) is 0 Å². The van der Waals surface area contributed by atoms with Crippen molar-refractivity contribution in [3.63, 3.8) is 0 Å². The van der Waals surface area contributed by atoms with E-state index in [1.807, 2.05) is 80.6 Å². The van der Waals surface area contributed by atoms with Crippen LogP contribution >= 0.6 is 0 Å². The number of benzene rings is 3. The van der Waals surface area contributed by atoms with E-state index in [9.17, 15) is 4.79 Å². The van der Waals surface area contributed by atoms with Gasteiger partial charge in [-0.3, -0.25) is 9.78 Å². The minimum atomic E-state index is -0.162. The molecule has 3 aromatic carbocycles. The Kier molecular flexibility index (Phi) is 4.68. The van der Waals surface area contributed by atoms with Crippen molar-refractivity contribution in [3.05, 3.63) is 102 Å². The highest BCUT2D eigenvalue weighted by Gasteiger charge is 2.16. The number of anilines is 1. The molecule has 1 amide bonds. The number of hydrogen-bond donors (Lipinski definition) is 1. The Labute approximate surface area is 180 Å². The van der Waals surface area contributed by atoms with Crippen LogP contribution in [-0.2, 0) is 0 Å². The zero-order chi connectivity index (χ0) is 21.4. The van der Waals surface area contributed by atoms with Crippen molar-refractivity contribution >= 4 is 33.3 Å². The molecule has 150 valence electrons. The average molecular weight is 403 g/mol. The highest BCUT2D eigenvalue weighted by Crippen LogP contribution is 2.28. The zero-order valence-electron chi connectivity index (χ0n) is 17.4. The number of hydrogen-bond acceptors (Lipinski definition) is 3. The summed E-state index contributed by atoms with van der Waals surface area (Å²) in [5.41, 5.74) is 5.72. The Balaban J connectivity index is 1.63. The summed E-state index contributed by atoms with van der Waals surface area (Å²) < 4.78 is 0. The fraction of sp³-hybridized carbons (Fsp3) is 0.0741. The first-order valence-electron chi connectivity index (χ1n) is 10.2. The molecule has 1 N–H and O–H groups in total. The minimum Gasteiger partial charge on any atom is -0.322 e. The first kappa shape index (κ1) is 18.9. The van der Waals surface area contributed by atoms with Gasteiger partial charge in [0.25, 0.3) is 5.91 Å². The van der Waals surface area contributed by atoms with Gasteiger partial charge < -0.3 is 5.32 Å². The standard InChI is InChI=1S/C27H21N3O/c1-17-13-18(2)26-22(14-17)23(16-25(30-26)24-9-5-6-12-28-24)27(31)29-21-11-10-19-7-3-4-8-20(19)15-21/h3-16H,1-2H3,(H,29,31). The fourth-order valence-electron chi connectivity index (χ4n) is 3.98. The lowest BCUT2D eigenvalue weighted by Crippen LogP contribution is -2.13. The second-order valence-electron chi connectivity index (χ2n) is 7.76. The normalized spacial score (nSPS) is 11.0. The van der Waals surface area contributed by atoms with Gasteiger partial charge in [-0.15, -0.1) is 0 Å². The highest BCUT2D eigenvalue weighted by atomic mass is 16.1. The van der Waals surface area contributed by atoms with Crippen LogP contribution in [0.25, 0.3) is 33.1 Å². The number of carbonyl (C=O) groups excluding carboxylic acids is 1. The van der Waals surface area contributed by atoms with E-state index in [2.05, 4.69) is 22.4 Å². The van der Waals surface area contributed by atoms with Crippen molar-refractivity contribution in [1.29, 1.82) is 0 Å². The van der Waals surface area contributed by atoms with Crippen molar-refractivity contribution in [1.82, 2.24) is 9.97 Å². The average Bonchev–Trinajstić information content (AvgIpc) is 2.79. The van der Waals surface area contributed by atoms with E-state index in [0.717, 1.165) is 44.2 Å². The number of nitrogens with zero attached hydrogens (tertiary/aromatic N) is 2. The summed E-state index contributed by atoms with van der Waals surface area (Å²) in [5.74, 6) is -0.162. The predicted octanol–water partition coefficient (Wildman–Crippen LogP) is 6.32. The van der Waals surface area contributed by atoms with Gasteiger partial charge in [0.05, 0.1) is 22.5 Å². The summed E-state index contributed by atoms with van der Waals surface area (Å²) in [6.45, 7) is 4.06. The third-order valence-corrected chi connectivity index (χ3v) is 5.43. The Bertz CT molecular complexity index is 1440. The molecule has 2 aromatic heterocycles. The number of aryl methyl sites for hydroxylation is 2. The van der Waals surface area contributed by atoms with Gasteiger partial charge in [-0.1, -0.05) is 48.0 Å². The van der Waals surface area contributed by atoms with Crippen molar-refractivity contribution in [2.24, 2.45) is 0 Å². The van der Waals surface area contributed by atoms with Crippen LogP contribution in [-0.4, -0.2) is 15.9 Å². The summed E-state index contributed by atoms with van der Waals surface area (Å²) in [6.07, 6.45) is 1.73. The van der Waals surface area contributed by atoms with E-state index >= 15 is 0 Å².